The fourth-order valence-corrected chi connectivity index (χ4v) is 3.54. The molecule has 29 heavy (non-hydrogen) atoms. The molecule has 4 nitrogen and oxygen atoms in total. The molecular weight excluding hydrogens is 379 g/mol. The van der Waals surface area contributed by atoms with Crippen molar-refractivity contribution in [2.24, 2.45) is 0 Å². The van der Waals surface area contributed by atoms with Crippen molar-refractivity contribution in [3.63, 3.8) is 0 Å². The van der Waals surface area contributed by atoms with E-state index >= 15 is 0 Å². The summed E-state index contributed by atoms with van der Waals surface area (Å²) >= 11 is 0. The number of hydrogen-bond acceptors (Lipinski definition) is 4. The van der Waals surface area contributed by atoms with Crippen LogP contribution in [-0.4, -0.2) is 36.2 Å². The standard InChI is InChI=1S/C22H22F3N3O/c23-22(24,25)21-13-20(18-7-3-4-8-19(18)27-21)26-14-16-5-1-2-6-17(16)15-28-9-11-29-12-10-28/h1-8,13H,9-12,14-15H2,(H,26,27). The summed E-state index contributed by atoms with van der Waals surface area (Å²) in [6.45, 7) is 4.45. The zero-order valence-electron chi connectivity index (χ0n) is 15.9. The van der Waals surface area contributed by atoms with Gasteiger partial charge in [-0.3, -0.25) is 4.90 Å². The third-order valence-electron chi connectivity index (χ3n) is 5.09. The fourth-order valence-electron chi connectivity index (χ4n) is 3.54. The van der Waals surface area contributed by atoms with Gasteiger partial charge in [0.15, 0.2) is 0 Å². The Kier molecular flexibility index (Phi) is 5.69. The Labute approximate surface area is 167 Å². The first kappa shape index (κ1) is 19.7. The van der Waals surface area contributed by atoms with Crippen LogP contribution in [-0.2, 0) is 24.0 Å². The van der Waals surface area contributed by atoms with Crippen molar-refractivity contribution in [1.29, 1.82) is 0 Å². The van der Waals surface area contributed by atoms with Gasteiger partial charge in [0.1, 0.15) is 5.69 Å². The van der Waals surface area contributed by atoms with E-state index in [1.165, 1.54) is 0 Å². The maximum atomic E-state index is 13.3. The van der Waals surface area contributed by atoms with Gasteiger partial charge in [-0.2, -0.15) is 13.2 Å². The number of nitrogens with one attached hydrogen (secondary N) is 1. The van der Waals surface area contributed by atoms with Crippen LogP contribution in [0.1, 0.15) is 16.8 Å². The molecule has 0 spiro atoms. The highest BCUT2D eigenvalue weighted by atomic mass is 19.4. The predicted octanol–water partition coefficient (Wildman–Crippen LogP) is 4.70. The summed E-state index contributed by atoms with van der Waals surface area (Å²) in [5, 5.41) is 3.88. The lowest BCUT2D eigenvalue weighted by atomic mass is 10.1. The van der Waals surface area contributed by atoms with Crippen LogP contribution in [0.3, 0.4) is 0 Å². The molecule has 0 bridgehead atoms. The lowest BCUT2D eigenvalue weighted by Crippen LogP contribution is -2.35. The van der Waals surface area contributed by atoms with E-state index < -0.39 is 11.9 Å². The summed E-state index contributed by atoms with van der Waals surface area (Å²) in [7, 11) is 0. The molecule has 152 valence electrons. The average molecular weight is 401 g/mol. The van der Waals surface area contributed by atoms with E-state index in [1.807, 2.05) is 18.2 Å². The molecule has 1 aliphatic rings. The van der Waals surface area contributed by atoms with Crippen molar-refractivity contribution >= 4 is 16.6 Å². The summed E-state index contributed by atoms with van der Waals surface area (Å²) in [6, 6.07) is 16.0. The molecule has 1 fully saturated rings. The number of alkyl halides is 3. The molecule has 1 aliphatic heterocycles. The lowest BCUT2D eigenvalue weighted by Gasteiger charge is -2.27. The molecule has 1 aromatic heterocycles. The molecule has 1 saturated heterocycles. The van der Waals surface area contributed by atoms with Crippen LogP contribution in [0, 0.1) is 0 Å². The van der Waals surface area contributed by atoms with Gasteiger partial charge < -0.3 is 10.1 Å². The number of fused-ring (bicyclic) bond motifs is 1. The van der Waals surface area contributed by atoms with E-state index in [-0.39, 0.29) is 0 Å². The molecule has 0 unspecified atom stereocenters. The van der Waals surface area contributed by atoms with E-state index in [9.17, 15) is 13.2 Å². The monoisotopic (exact) mass is 401 g/mol. The summed E-state index contributed by atoms with van der Waals surface area (Å²) in [6.07, 6.45) is -4.49. The molecule has 0 saturated carbocycles. The third-order valence-corrected chi connectivity index (χ3v) is 5.09. The van der Waals surface area contributed by atoms with Gasteiger partial charge in [0.2, 0.25) is 0 Å². The quantitative estimate of drug-likeness (QED) is 0.673. The number of ether oxygens (including phenoxy) is 1. The second-order valence-corrected chi connectivity index (χ2v) is 7.08. The van der Waals surface area contributed by atoms with Crippen LogP contribution in [0.2, 0.25) is 0 Å². The molecule has 0 radical (unpaired) electrons. The second kappa shape index (κ2) is 8.39. The van der Waals surface area contributed by atoms with Crippen molar-refractivity contribution in [2.75, 3.05) is 31.6 Å². The normalized spacial score (nSPS) is 15.6. The van der Waals surface area contributed by atoms with E-state index in [4.69, 9.17) is 4.74 Å². The largest absolute Gasteiger partial charge is 0.433 e. The minimum absolute atomic E-state index is 0.325. The number of rotatable bonds is 5. The number of para-hydroxylation sites is 1. The van der Waals surface area contributed by atoms with Crippen molar-refractivity contribution in [1.82, 2.24) is 9.88 Å². The minimum Gasteiger partial charge on any atom is -0.380 e. The maximum absolute atomic E-state index is 13.3. The van der Waals surface area contributed by atoms with Crippen molar-refractivity contribution < 1.29 is 17.9 Å². The van der Waals surface area contributed by atoms with E-state index in [1.54, 1.807) is 24.3 Å². The molecule has 0 aliphatic carbocycles. The smallest absolute Gasteiger partial charge is 0.380 e. The Morgan fingerprint density at radius 1 is 0.966 bits per heavy atom. The number of benzene rings is 2. The van der Waals surface area contributed by atoms with Gasteiger partial charge in [-0.25, -0.2) is 4.98 Å². The Morgan fingerprint density at radius 2 is 1.66 bits per heavy atom. The van der Waals surface area contributed by atoms with E-state index in [2.05, 4.69) is 21.3 Å². The summed E-state index contributed by atoms with van der Waals surface area (Å²) < 4.78 is 45.2. The summed E-state index contributed by atoms with van der Waals surface area (Å²) in [5.41, 5.74) is 2.10. The van der Waals surface area contributed by atoms with Crippen LogP contribution < -0.4 is 5.32 Å². The SMILES string of the molecule is FC(F)(F)c1cc(NCc2ccccc2CN2CCOCC2)c2ccccc2n1. The van der Waals surface area contributed by atoms with Crippen LogP contribution in [0.25, 0.3) is 10.9 Å². The maximum Gasteiger partial charge on any atom is 0.433 e. The molecule has 2 heterocycles. The van der Waals surface area contributed by atoms with Gasteiger partial charge in [-0.1, -0.05) is 42.5 Å². The molecular formula is C22H22F3N3O. The van der Waals surface area contributed by atoms with Gasteiger partial charge in [0.05, 0.1) is 18.7 Å². The third kappa shape index (κ3) is 4.68. The molecule has 1 N–H and O–H groups in total. The first-order valence-electron chi connectivity index (χ1n) is 9.58. The van der Waals surface area contributed by atoms with Gasteiger partial charge in [0, 0.05) is 37.3 Å². The number of nitrogens with zero attached hydrogens (tertiary/aromatic N) is 2. The number of pyridine rings is 1. The van der Waals surface area contributed by atoms with Gasteiger partial charge in [0.25, 0.3) is 0 Å². The van der Waals surface area contributed by atoms with Crippen LogP contribution >= 0.6 is 0 Å². The topological polar surface area (TPSA) is 37.4 Å². The predicted molar refractivity (Wildman–Crippen MR) is 107 cm³/mol. The molecule has 7 heteroatoms. The molecule has 0 amide bonds. The first-order valence-corrected chi connectivity index (χ1v) is 9.58. The minimum atomic E-state index is -4.49. The average Bonchev–Trinajstić information content (AvgIpc) is 2.73. The molecule has 3 aromatic rings. The van der Waals surface area contributed by atoms with Gasteiger partial charge >= 0.3 is 6.18 Å². The van der Waals surface area contributed by atoms with Gasteiger partial charge in [-0.05, 0) is 23.3 Å². The first-order chi connectivity index (χ1) is 14.0. The van der Waals surface area contributed by atoms with Crippen molar-refractivity contribution in [3.8, 4) is 0 Å². The highest BCUT2D eigenvalue weighted by Crippen LogP contribution is 2.33. The molecule has 2 aromatic carbocycles. The van der Waals surface area contributed by atoms with Crippen LogP contribution in [0.4, 0.5) is 18.9 Å². The Balaban J connectivity index is 1.58. The Morgan fingerprint density at radius 3 is 2.41 bits per heavy atom. The molecule has 0 atom stereocenters. The summed E-state index contributed by atoms with van der Waals surface area (Å²) in [5.74, 6) is 0. The van der Waals surface area contributed by atoms with Crippen LogP contribution in [0.5, 0.6) is 0 Å². The lowest BCUT2D eigenvalue weighted by molar-refractivity contribution is -0.140. The Bertz CT molecular complexity index is 984. The zero-order chi connectivity index (χ0) is 20.3. The van der Waals surface area contributed by atoms with Gasteiger partial charge in [-0.15, -0.1) is 0 Å². The van der Waals surface area contributed by atoms with E-state index in [0.717, 1.165) is 50.0 Å². The van der Waals surface area contributed by atoms with Crippen LogP contribution in [0.15, 0.2) is 54.6 Å². The van der Waals surface area contributed by atoms with Crippen molar-refractivity contribution in [3.05, 3.63) is 71.4 Å². The number of halogens is 3. The highest BCUT2D eigenvalue weighted by Gasteiger charge is 2.33. The zero-order valence-corrected chi connectivity index (χ0v) is 15.9. The molecule has 4 rings (SSSR count). The number of morpholine rings is 1. The number of aromatic nitrogens is 1. The van der Waals surface area contributed by atoms with Crippen molar-refractivity contribution in [2.45, 2.75) is 19.3 Å². The Hall–Kier alpha value is -2.64. The van der Waals surface area contributed by atoms with E-state index in [0.29, 0.717) is 23.1 Å². The summed E-state index contributed by atoms with van der Waals surface area (Å²) in [4.78, 5) is 6.10. The number of hydrogen-bond donors (Lipinski definition) is 1. The number of anilines is 1. The fraction of sp³-hybridized carbons (Fsp3) is 0.318. The highest BCUT2D eigenvalue weighted by molar-refractivity contribution is 5.91. The second-order valence-electron chi connectivity index (χ2n) is 7.08.